The Morgan fingerprint density at radius 1 is 1.25 bits per heavy atom. The van der Waals surface area contributed by atoms with E-state index in [4.69, 9.17) is 5.73 Å². The number of nitrogens with two attached hydrogens (primary N) is 1. The lowest BCUT2D eigenvalue weighted by molar-refractivity contribution is 0.557. The van der Waals surface area contributed by atoms with Crippen molar-refractivity contribution in [3.8, 4) is 0 Å². The van der Waals surface area contributed by atoms with Gasteiger partial charge in [0.25, 0.3) is 0 Å². The van der Waals surface area contributed by atoms with Gasteiger partial charge in [-0.25, -0.2) is 17.5 Å². The van der Waals surface area contributed by atoms with E-state index in [1.165, 1.54) is 22.3 Å². The van der Waals surface area contributed by atoms with E-state index >= 15 is 0 Å². The van der Waals surface area contributed by atoms with E-state index in [0.717, 1.165) is 23.4 Å². The normalized spacial score (nSPS) is 11.7. The number of hydrogen-bond acceptors (Lipinski definition) is 4. The Balaban J connectivity index is 2.17. The smallest absolute Gasteiger partial charge is 0.243 e. The van der Waals surface area contributed by atoms with Crippen LogP contribution >= 0.6 is 11.3 Å². The van der Waals surface area contributed by atoms with E-state index in [1.807, 2.05) is 19.1 Å². The van der Waals surface area contributed by atoms with E-state index in [9.17, 15) is 12.8 Å². The SMILES string of the molecule is CCc1ccc(CNS(=O)(=O)c2cc(N)ccc2F)s1. The molecular formula is C13H15FN2O2S2. The van der Waals surface area contributed by atoms with Gasteiger partial charge < -0.3 is 5.73 Å². The van der Waals surface area contributed by atoms with Crippen molar-refractivity contribution in [1.82, 2.24) is 4.72 Å². The van der Waals surface area contributed by atoms with Crippen LogP contribution in [0.5, 0.6) is 0 Å². The number of nitrogen functional groups attached to an aromatic ring is 1. The molecule has 2 rings (SSSR count). The van der Waals surface area contributed by atoms with Crippen LogP contribution in [-0.2, 0) is 23.0 Å². The predicted octanol–water partition coefficient (Wildman–Crippen LogP) is 2.51. The summed E-state index contributed by atoms with van der Waals surface area (Å²) in [6, 6.07) is 7.30. The first-order valence-electron chi connectivity index (χ1n) is 6.04. The zero-order chi connectivity index (χ0) is 14.8. The minimum atomic E-state index is -3.91. The van der Waals surface area contributed by atoms with Crippen molar-refractivity contribution in [2.45, 2.75) is 24.8 Å². The molecule has 7 heteroatoms. The van der Waals surface area contributed by atoms with Crippen LogP contribution in [0.3, 0.4) is 0 Å². The van der Waals surface area contributed by atoms with Gasteiger partial charge in [0.1, 0.15) is 10.7 Å². The first-order chi connectivity index (χ1) is 9.42. The molecule has 0 radical (unpaired) electrons. The average molecular weight is 314 g/mol. The van der Waals surface area contributed by atoms with Crippen LogP contribution in [0.1, 0.15) is 16.7 Å². The fraction of sp³-hybridized carbons (Fsp3) is 0.231. The van der Waals surface area contributed by atoms with Gasteiger partial charge in [-0.15, -0.1) is 11.3 Å². The molecule has 0 amide bonds. The van der Waals surface area contributed by atoms with E-state index in [-0.39, 0.29) is 12.2 Å². The molecule has 0 spiro atoms. The Kier molecular flexibility index (Phi) is 4.42. The van der Waals surface area contributed by atoms with Crippen LogP contribution in [0.15, 0.2) is 35.2 Å². The molecule has 2 aromatic rings. The third-order valence-corrected chi connectivity index (χ3v) is 5.39. The number of rotatable bonds is 5. The van der Waals surface area contributed by atoms with Crippen molar-refractivity contribution in [1.29, 1.82) is 0 Å². The molecule has 1 heterocycles. The maximum absolute atomic E-state index is 13.6. The molecular weight excluding hydrogens is 299 g/mol. The van der Waals surface area contributed by atoms with Crippen molar-refractivity contribution in [2.75, 3.05) is 5.73 Å². The monoisotopic (exact) mass is 314 g/mol. The summed E-state index contributed by atoms with van der Waals surface area (Å²) in [5, 5.41) is 0. The third kappa shape index (κ3) is 3.36. The minimum Gasteiger partial charge on any atom is -0.399 e. The van der Waals surface area contributed by atoms with Gasteiger partial charge in [0.2, 0.25) is 10.0 Å². The van der Waals surface area contributed by atoms with Gasteiger partial charge in [0.05, 0.1) is 0 Å². The van der Waals surface area contributed by atoms with Gasteiger partial charge in [-0.1, -0.05) is 6.92 Å². The first kappa shape index (κ1) is 15.0. The second-order valence-electron chi connectivity index (χ2n) is 4.24. The molecule has 1 aromatic heterocycles. The molecule has 3 N–H and O–H groups in total. The number of anilines is 1. The minimum absolute atomic E-state index is 0.140. The number of hydrogen-bond donors (Lipinski definition) is 2. The summed E-state index contributed by atoms with van der Waals surface area (Å²) in [7, 11) is -3.91. The highest BCUT2D eigenvalue weighted by atomic mass is 32.2. The fourth-order valence-electron chi connectivity index (χ4n) is 1.68. The molecule has 0 aliphatic heterocycles. The lowest BCUT2D eigenvalue weighted by Crippen LogP contribution is -2.24. The van der Waals surface area contributed by atoms with Crippen LogP contribution in [0.25, 0.3) is 0 Å². The summed E-state index contributed by atoms with van der Waals surface area (Å²) in [6.45, 7) is 2.17. The van der Waals surface area contributed by atoms with Crippen molar-refractivity contribution >= 4 is 27.0 Å². The van der Waals surface area contributed by atoms with Gasteiger partial charge in [-0.2, -0.15) is 0 Å². The van der Waals surface area contributed by atoms with Crippen LogP contribution in [-0.4, -0.2) is 8.42 Å². The van der Waals surface area contributed by atoms with E-state index in [0.29, 0.717) is 0 Å². The lowest BCUT2D eigenvalue weighted by atomic mass is 10.3. The summed E-state index contributed by atoms with van der Waals surface area (Å²) in [5.41, 5.74) is 5.70. The van der Waals surface area contributed by atoms with Crippen LogP contribution in [0.2, 0.25) is 0 Å². The summed E-state index contributed by atoms with van der Waals surface area (Å²) >= 11 is 1.53. The van der Waals surface area contributed by atoms with Crippen molar-refractivity contribution in [3.63, 3.8) is 0 Å². The molecule has 108 valence electrons. The number of nitrogens with one attached hydrogen (secondary N) is 1. The third-order valence-electron chi connectivity index (χ3n) is 2.75. The summed E-state index contributed by atoms with van der Waals surface area (Å²) in [6.07, 6.45) is 0.904. The zero-order valence-corrected chi connectivity index (χ0v) is 12.5. The Morgan fingerprint density at radius 3 is 2.60 bits per heavy atom. The molecule has 0 saturated heterocycles. The molecule has 0 fully saturated rings. The van der Waals surface area contributed by atoms with Crippen molar-refractivity contribution in [2.24, 2.45) is 0 Å². The van der Waals surface area contributed by atoms with E-state index in [2.05, 4.69) is 4.72 Å². The molecule has 0 aliphatic carbocycles. The second kappa shape index (κ2) is 5.90. The van der Waals surface area contributed by atoms with Gasteiger partial charge in [-0.05, 0) is 36.8 Å². The molecule has 0 atom stereocenters. The summed E-state index contributed by atoms with van der Waals surface area (Å²) in [5.74, 6) is -0.813. The Morgan fingerprint density at radius 2 is 1.95 bits per heavy atom. The standard InChI is InChI=1S/C13H15FN2O2S2/c1-2-10-4-5-11(19-10)8-16-20(17,18)13-7-9(15)3-6-12(13)14/h3-7,16H,2,8,15H2,1H3. The van der Waals surface area contributed by atoms with Gasteiger partial charge in [0.15, 0.2) is 0 Å². The predicted molar refractivity (Wildman–Crippen MR) is 78.5 cm³/mol. The Bertz CT molecular complexity index is 711. The molecule has 0 aliphatic rings. The van der Waals surface area contributed by atoms with Gasteiger partial charge in [0, 0.05) is 22.0 Å². The lowest BCUT2D eigenvalue weighted by Gasteiger charge is -2.07. The van der Waals surface area contributed by atoms with Crippen LogP contribution in [0, 0.1) is 5.82 Å². The quantitative estimate of drug-likeness (QED) is 0.833. The summed E-state index contributed by atoms with van der Waals surface area (Å²) < 4.78 is 40.1. The highest BCUT2D eigenvalue weighted by molar-refractivity contribution is 7.89. The Labute approximate surface area is 121 Å². The molecule has 0 unspecified atom stereocenters. The van der Waals surface area contributed by atoms with Crippen LogP contribution < -0.4 is 10.5 Å². The van der Waals surface area contributed by atoms with Crippen molar-refractivity contribution in [3.05, 3.63) is 45.9 Å². The van der Waals surface area contributed by atoms with Crippen LogP contribution in [0.4, 0.5) is 10.1 Å². The summed E-state index contributed by atoms with van der Waals surface area (Å²) in [4.78, 5) is 1.63. The molecule has 0 bridgehead atoms. The number of thiophene rings is 1. The molecule has 1 aromatic carbocycles. The number of benzene rings is 1. The maximum Gasteiger partial charge on any atom is 0.243 e. The highest BCUT2D eigenvalue weighted by Crippen LogP contribution is 2.20. The first-order valence-corrected chi connectivity index (χ1v) is 8.34. The number of sulfonamides is 1. The van der Waals surface area contributed by atoms with Crippen molar-refractivity contribution < 1.29 is 12.8 Å². The van der Waals surface area contributed by atoms with E-state index < -0.39 is 20.7 Å². The largest absolute Gasteiger partial charge is 0.399 e. The topological polar surface area (TPSA) is 72.2 Å². The number of aryl methyl sites for hydroxylation is 1. The Hall–Kier alpha value is -1.44. The molecule has 0 saturated carbocycles. The zero-order valence-electron chi connectivity index (χ0n) is 10.9. The molecule has 4 nitrogen and oxygen atoms in total. The highest BCUT2D eigenvalue weighted by Gasteiger charge is 2.19. The average Bonchev–Trinajstić information content (AvgIpc) is 2.87. The maximum atomic E-state index is 13.6. The van der Waals surface area contributed by atoms with Gasteiger partial charge >= 0.3 is 0 Å². The fourth-order valence-corrected chi connectivity index (χ4v) is 3.78. The number of halogens is 1. The second-order valence-corrected chi connectivity index (χ2v) is 7.22. The van der Waals surface area contributed by atoms with Gasteiger partial charge in [-0.3, -0.25) is 0 Å². The molecule has 20 heavy (non-hydrogen) atoms. The van der Waals surface area contributed by atoms with E-state index in [1.54, 1.807) is 0 Å².